The van der Waals surface area contributed by atoms with E-state index in [1.54, 1.807) is 0 Å². The zero-order valence-electron chi connectivity index (χ0n) is 11.5. The zero-order valence-corrected chi connectivity index (χ0v) is 14.4. The molecule has 7 nitrogen and oxygen atoms in total. The Morgan fingerprint density at radius 1 is 1.14 bits per heavy atom. The number of hydrogen-bond acceptors (Lipinski definition) is 8. The van der Waals surface area contributed by atoms with Crippen LogP contribution in [0.3, 0.4) is 0 Å². The predicted molar refractivity (Wildman–Crippen MR) is 67.0 cm³/mol. The molecule has 21 heavy (non-hydrogen) atoms. The summed E-state index contributed by atoms with van der Waals surface area (Å²) in [5.74, 6) is 3.12. The Hall–Kier alpha value is -0.710. The summed E-state index contributed by atoms with van der Waals surface area (Å²) in [5, 5.41) is 11.8. The van der Waals surface area contributed by atoms with E-state index in [4.69, 9.17) is 22.3 Å². The second kappa shape index (κ2) is 15.7. The Bertz CT molecular complexity index is 388. The fraction of sp³-hybridized carbons (Fsp3) is 0.500. The van der Waals surface area contributed by atoms with Crippen LogP contribution in [0.15, 0.2) is 0 Å². The second-order valence-electron chi connectivity index (χ2n) is 3.22. The van der Waals surface area contributed by atoms with Crippen LogP contribution in [-0.4, -0.2) is 30.4 Å². The minimum Gasteiger partial charge on any atom is -0.691 e. The summed E-state index contributed by atoms with van der Waals surface area (Å²) >= 11 is 0.353. The number of hydrogen-bond donors (Lipinski definition) is 0. The van der Waals surface area contributed by atoms with Crippen LogP contribution in [0.5, 0.6) is 0 Å². The third-order valence-electron chi connectivity index (χ3n) is 1.80. The molecular weight excluding hydrogens is 311 g/mol. The van der Waals surface area contributed by atoms with E-state index in [-0.39, 0.29) is 62.0 Å². The molecule has 0 radical (unpaired) electrons. The van der Waals surface area contributed by atoms with Crippen LogP contribution in [0, 0.1) is 24.7 Å². The molecule has 0 saturated heterocycles. The van der Waals surface area contributed by atoms with Gasteiger partial charge in [-0.3, -0.25) is 14.6 Å². The van der Waals surface area contributed by atoms with Crippen molar-refractivity contribution < 1.29 is 63.2 Å². The standard InChI is InChI=1S/C12H14O7S.Na/c1-3-5-7-16-11(13)9-10(20-19-18-15)12(14)17-8-6-4-2;/h1-2,10,15H,5-9H2;/q;+1/p-1. The van der Waals surface area contributed by atoms with Crippen LogP contribution < -0.4 is 34.8 Å². The van der Waals surface area contributed by atoms with E-state index in [1.807, 2.05) is 0 Å². The summed E-state index contributed by atoms with van der Waals surface area (Å²) in [7, 11) is 0. The topological polar surface area (TPSA) is 94.1 Å². The number of ether oxygens (including phenoxy) is 2. The first-order valence-corrected chi connectivity index (χ1v) is 6.27. The molecule has 0 aliphatic carbocycles. The summed E-state index contributed by atoms with van der Waals surface area (Å²) in [6.45, 7) is 0.0363. The maximum Gasteiger partial charge on any atom is 1.00 e. The Kier molecular flexibility index (Phi) is 16.8. The number of terminal acetylenes is 2. The molecule has 0 N–H and O–H groups in total. The minimum atomic E-state index is -1.10. The fourth-order valence-electron chi connectivity index (χ4n) is 0.958. The van der Waals surface area contributed by atoms with E-state index in [0.29, 0.717) is 12.0 Å². The molecule has 0 fully saturated rings. The van der Waals surface area contributed by atoms with Gasteiger partial charge in [0.15, 0.2) is 0 Å². The minimum absolute atomic E-state index is 0. The largest absolute Gasteiger partial charge is 1.00 e. The molecule has 0 aliphatic heterocycles. The number of carbonyl (C=O) groups is 2. The van der Waals surface area contributed by atoms with Crippen molar-refractivity contribution in [2.24, 2.45) is 0 Å². The van der Waals surface area contributed by atoms with Crippen molar-refractivity contribution in [3.8, 4) is 24.7 Å². The maximum atomic E-state index is 11.6. The zero-order chi connectivity index (χ0) is 15.2. The normalized spacial score (nSPS) is 10.4. The molecule has 0 amide bonds. The number of esters is 2. The monoisotopic (exact) mass is 324 g/mol. The van der Waals surface area contributed by atoms with Gasteiger partial charge in [-0.1, -0.05) is 0 Å². The van der Waals surface area contributed by atoms with Gasteiger partial charge in [0, 0.05) is 24.9 Å². The van der Waals surface area contributed by atoms with Gasteiger partial charge >= 0.3 is 41.5 Å². The van der Waals surface area contributed by atoms with E-state index in [0.717, 1.165) is 0 Å². The van der Waals surface area contributed by atoms with E-state index in [2.05, 4.69) is 21.2 Å². The molecular formula is C12H13NaO7S. The van der Waals surface area contributed by atoms with Crippen LogP contribution in [0.1, 0.15) is 19.3 Å². The van der Waals surface area contributed by atoms with Crippen LogP contribution in [0.2, 0.25) is 0 Å². The van der Waals surface area contributed by atoms with E-state index in [1.165, 1.54) is 0 Å². The molecule has 0 aromatic heterocycles. The summed E-state index contributed by atoms with van der Waals surface area (Å²) in [6, 6.07) is 0. The third kappa shape index (κ3) is 12.7. The molecule has 9 heteroatoms. The summed E-state index contributed by atoms with van der Waals surface area (Å²) in [5.41, 5.74) is 0. The molecule has 1 unspecified atom stereocenters. The molecule has 1 atom stereocenters. The van der Waals surface area contributed by atoms with Gasteiger partial charge in [0.05, 0.1) is 6.42 Å². The first kappa shape index (κ1) is 22.6. The molecule has 0 aliphatic rings. The predicted octanol–water partition coefficient (Wildman–Crippen LogP) is -3.25. The molecule has 0 spiro atoms. The maximum absolute atomic E-state index is 11.6. The van der Waals surface area contributed by atoms with Crippen molar-refractivity contribution in [1.82, 2.24) is 0 Å². The van der Waals surface area contributed by atoms with Gasteiger partial charge in [0.1, 0.15) is 18.5 Å². The third-order valence-corrected chi connectivity index (χ3v) is 2.52. The van der Waals surface area contributed by atoms with Crippen molar-refractivity contribution in [2.45, 2.75) is 24.5 Å². The van der Waals surface area contributed by atoms with Crippen LogP contribution in [-0.2, 0) is 28.4 Å². The molecule has 0 aromatic rings. The van der Waals surface area contributed by atoms with Crippen molar-refractivity contribution in [1.29, 1.82) is 0 Å². The van der Waals surface area contributed by atoms with Gasteiger partial charge < -0.3 is 14.7 Å². The van der Waals surface area contributed by atoms with Crippen LogP contribution in [0.4, 0.5) is 0 Å². The van der Waals surface area contributed by atoms with Crippen molar-refractivity contribution in [3.63, 3.8) is 0 Å². The van der Waals surface area contributed by atoms with E-state index >= 15 is 0 Å². The molecule has 0 saturated carbocycles. The van der Waals surface area contributed by atoms with Gasteiger partial charge in [-0.25, -0.2) is 0 Å². The average molecular weight is 324 g/mol. The first-order chi connectivity index (χ1) is 9.65. The molecule has 0 heterocycles. The molecule has 0 aromatic carbocycles. The average Bonchev–Trinajstić information content (AvgIpc) is 2.43. The summed E-state index contributed by atoms with van der Waals surface area (Å²) < 4.78 is 13.6. The molecule has 0 rings (SSSR count). The van der Waals surface area contributed by atoms with Gasteiger partial charge in [0.25, 0.3) is 0 Å². The quantitative estimate of drug-likeness (QED) is 0.0787. The summed E-state index contributed by atoms with van der Waals surface area (Å²) in [4.78, 5) is 23.0. The molecule has 0 bridgehead atoms. The fourth-order valence-corrected chi connectivity index (χ4v) is 1.44. The summed E-state index contributed by atoms with van der Waals surface area (Å²) in [6.07, 6.45) is 10.1. The Balaban J connectivity index is 0. The Morgan fingerprint density at radius 3 is 2.24 bits per heavy atom. The van der Waals surface area contributed by atoms with Crippen LogP contribution >= 0.6 is 12.0 Å². The van der Waals surface area contributed by atoms with E-state index in [9.17, 15) is 14.8 Å². The van der Waals surface area contributed by atoms with Crippen molar-refractivity contribution >= 4 is 24.0 Å². The van der Waals surface area contributed by atoms with Gasteiger partial charge in [-0.05, 0) is 0 Å². The van der Waals surface area contributed by atoms with Crippen molar-refractivity contribution in [3.05, 3.63) is 0 Å². The van der Waals surface area contributed by atoms with Gasteiger partial charge in [0.2, 0.25) is 0 Å². The van der Waals surface area contributed by atoms with Gasteiger partial charge in [-0.2, -0.15) is 4.33 Å². The Labute approximate surface area is 149 Å². The number of rotatable bonds is 10. The smallest absolute Gasteiger partial charge is 0.691 e. The Morgan fingerprint density at radius 2 is 1.71 bits per heavy atom. The SMILES string of the molecule is C#CCCOC(=O)CC(SOO[O-])C(=O)OCCC#C.[Na+]. The molecule has 110 valence electrons. The van der Waals surface area contributed by atoms with Crippen molar-refractivity contribution in [2.75, 3.05) is 13.2 Å². The number of carbonyl (C=O) groups excluding carboxylic acids is 2. The second-order valence-corrected chi connectivity index (χ2v) is 4.12. The van der Waals surface area contributed by atoms with E-state index < -0.39 is 17.2 Å². The first-order valence-electron chi connectivity index (χ1n) is 5.46. The van der Waals surface area contributed by atoms with Crippen LogP contribution in [0.25, 0.3) is 0 Å². The van der Waals surface area contributed by atoms with Gasteiger partial charge in [-0.15, -0.1) is 24.7 Å².